The predicted molar refractivity (Wildman–Crippen MR) is 139 cm³/mol. The highest BCUT2D eigenvalue weighted by atomic mass is 16.5. The summed E-state index contributed by atoms with van der Waals surface area (Å²) in [5.74, 6) is 2.31. The van der Waals surface area contributed by atoms with Crippen molar-refractivity contribution >= 4 is 28.1 Å². The molecule has 3 aromatic carbocycles. The summed E-state index contributed by atoms with van der Waals surface area (Å²) in [6, 6.07) is 19.8. The Morgan fingerprint density at radius 1 is 1.00 bits per heavy atom. The molecule has 5 aromatic rings. The third-order valence-electron chi connectivity index (χ3n) is 5.60. The van der Waals surface area contributed by atoms with E-state index in [1.807, 2.05) is 36.4 Å². The van der Waals surface area contributed by atoms with Gasteiger partial charge in [0.05, 0.1) is 36.7 Å². The van der Waals surface area contributed by atoms with Crippen LogP contribution in [0.5, 0.6) is 17.2 Å². The second kappa shape index (κ2) is 9.79. The quantitative estimate of drug-likeness (QED) is 0.222. The highest BCUT2D eigenvalue weighted by molar-refractivity contribution is 5.89. The van der Waals surface area contributed by atoms with Crippen molar-refractivity contribution in [2.45, 2.75) is 0 Å². The smallest absolute Gasteiger partial charge is 0.282 e. The molecule has 0 atom stereocenters. The number of rotatable bonds is 8. The van der Waals surface area contributed by atoms with Gasteiger partial charge in [0, 0.05) is 5.56 Å². The zero-order chi connectivity index (χ0) is 25.1. The van der Waals surface area contributed by atoms with E-state index in [4.69, 9.17) is 23.6 Å². The lowest BCUT2D eigenvalue weighted by Gasteiger charge is -2.12. The summed E-state index contributed by atoms with van der Waals surface area (Å²) in [5, 5.41) is 5.72. The normalized spacial score (nSPS) is 11.3. The number of aromatic nitrogens is 2. The third kappa shape index (κ3) is 4.09. The Bertz CT molecular complexity index is 1670. The average molecular weight is 482 g/mol. The van der Waals surface area contributed by atoms with Crippen molar-refractivity contribution in [2.24, 2.45) is 5.10 Å². The fraction of sp³-hybridized carbons (Fsp3) is 0.107. The molecule has 5 rings (SSSR count). The molecule has 2 heterocycles. The molecular formula is C28H23N3O5. The first kappa shape index (κ1) is 22.9. The Balaban J connectivity index is 1.71. The van der Waals surface area contributed by atoms with Crippen molar-refractivity contribution in [3.63, 3.8) is 0 Å². The SMILES string of the molecule is C=CCOc1c(C=Nn2c(-c3cc4c(OC)cccc4o3)nc3ccccc3c2=O)cccc1OC. The number of ether oxygens (including phenoxy) is 3. The molecule has 0 fully saturated rings. The third-order valence-corrected chi connectivity index (χ3v) is 5.60. The first-order chi connectivity index (χ1) is 17.6. The maximum atomic E-state index is 13.5. The number of benzene rings is 3. The largest absolute Gasteiger partial charge is 0.496 e. The van der Waals surface area contributed by atoms with E-state index in [2.05, 4.69) is 11.7 Å². The maximum Gasteiger partial charge on any atom is 0.282 e. The Kier molecular flexibility index (Phi) is 6.23. The summed E-state index contributed by atoms with van der Waals surface area (Å²) in [7, 11) is 3.15. The van der Waals surface area contributed by atoms with Gasteiger partial charge in [0.2, 0.25) is 5.82 Å². The molecule has 8 heteroatoms. The van der Waals surface area contributed by atoms with Crippen molar-refractivity contribution in [1.82, 2.24) is 9.66 Å². The molecule has 0 amide bonds. The van der Waals surface area contributed by atoms with Crippen LogP contribution in [-0.4, -0.2) is 36.7 Å². The molecule has 0 bridgehead atoms. The van der Waals surface area contributed by atoms with E-state index in [-0.39, 0.29) is 18.0 Å². The summed E-state index contributed by atoms with van der Waals surface area (Å²) < 4.78 is 24.0. The molecule has 0 radical (unpaired) electrons. The molecule has 0 saturated carbocycles. The number of furan rings is 1. The Hall–Kier alpha value is -4.85. The molecule has 2 aromatic heterocycles. The van der Waals surface area contributed by atoms with Crippen molar-refractivity contribution in [3.8, 4) is 28.8 Å². The second-order valence-corrected chi connectivity index (χ2v) is 7.78. The van der Waals surface area contributed by atoms with Crippen molar-refractivity contribution in [1.29, 1.82) is 0 Å². The number of fused-ring (bicyclic) bond motifs is 2. The van der Waals surface area contributed by atoms with Crippen LogP contribution in [-0.2, 0) is 0 Å². The zero-order valence-electron chi connectivity index (χ0n) is 19.8. The van der Waals surface area contributed by atoms with Crippen molar-refractivity contribution in [2.75, 3.05) is 20.8 Å². The fourth-order valence-electron chi connectivity index (χ4n) is 3.92. The summed E-state index contributed by atoms with van der Waals surface area (Å²) in [4.78, 5) is 18.3. The highest BCUT2D eigenvalue weighted by Gasteiger charge is 2.18. The van der Waals surface area contributed by atoms with Gasteiger partial charge in [-0.2, -0.15) is 9.78 Å². The van der Waals surface area contributed by atoms with Gasteiger partial charge in [-0.15, -0.1) is 0 Å². The van der Waals surface area contributed by atoms with E-state index in [9.17, 15) is 4.79 Å². The highest BCUT2D eigenvalue weighted by Crippen LogP contribution is 2.33. The van der Waals surface area contributed by atoms with Gasteiger partial charge in [-0.1, -0.05) is 36.9 Å². The van der Waals surface area contributed by atoms with Crippen LogP contribution < -0.4 is 19.8 Å². The number of nitrogens with zero attached hydrogens (tertiary/aromatic N) is 3. The van der Waals surface area contributed by atoms with Gasteiger partial charge in [0.25, 0.3) is 5.56 Å². The van der Waals surface area contributed by atoms with Crippen molar-refractivity contribution < 1.29 is 18.6 Å². The van der Waals surface area contributed by atoms with Crippen LogP contribution in [0.4, 0.5) is 0 Å². The van der Waals surface area contributed by atoms with Crippen molar-refractivity contribution in [3.05, 3.63) is 95.3 Å². The summed E-state index contributed by atoms with van der Waals surface area (Å²) in [6.07, 6.45) is 3.17. The first-order valence-electron chi connectivity index (χ1n) is 11.2. The van der Waals surface area contributed by atoms with Gasteiger partial charge in [-0.3, -0.25) is 4.79 Å². The topological polar surface area (TPSA) is 88.1 Å². The molecule has 0 spiro atoms. The van der Waals surface area contributed by atoms with Gasteiger partial charge in [-0.05, 0) is 42.5 Å². The second-order valence-electron chi connectivity index (χ2n) is 7.78. The van der Waals surface area contributed by atoms with Gasteiger partial charge in [0.15, 0.2) is 17.3 Å². The molecule has 0 aliphatic carbocycles. The van der Waals surface area contributed by atoms with E-state index in [1.165, 1.54) is 10.9 Å². The monoisotopic (exact) mass is 481 g/mol. The van der Waals surface area contributed by atoms with Crippen LogP contribution in [0.1, 0.15) is 5.56 Å². The van der Waals surface area contributed by atoms with Crippen LogP contribution >= 0.6 is 0 Å². The van der Waals surface area contributed by atoms with Gasteiger partial charge < -0.3 is 18.6 Å². The summed E-state index contributed by atoms with van der Waals surface area (Å²) in [6.45, 7) is 3.98. The molecule has 0 aliphatic heterocycles. The first-order valence-corrected chi connectivity index (χ1v) is 11.2. The zero-order valence-corrected chi connectivity index (χ0v) is 19.8. The predicted octanol–water partition coefficient (Wildman–Crippen LogP) is 5.27. The number of methoxy groups -OCH3 is 2. The van der Waals surface area contributed by atoms with Crippen LogP contribution in [0.3, 0.4) is 0 Å². The minimum Gasteiger partial charge on any atom is -0.496 e. The van der Waals surface area contributed by atoms with E-state index < -0.39 is 0 Å². The van der Waals surface area contributed by atoms with Gasteiger partial charge in [0.1, 0.15) is 17.9 Å². The van der Waals surface area contributed by atoms with E-state index >= 15 is 0 Å². The minimum atomic E-state index is -0.337. The average Bonchev–Trinajstić information content (AvgIpc) is 3.36. The standard InChI is InChI=1S/C28H23N3O5/c1-4-15-35-26-18(9-7-14-24(26)34-3)17-29-31-27(30-21-11-6-5-10-19(21)28(31)32)25-16-20-22(33-2)12-8-13-23(20)36-25/h4-14,16-17H,1,15H2,2-3H3. The molecule has 0 N–H and O–H groups in total. The van der Waals surface area contributed by atoms with E-state index in [0.29, 0.717) is 45.1 Å². The molecule has 0 aliphatic rings. The van der Waals surface area contributed by atoms with Crippen LogP contribution in [0.15, 0.2) is 93.7 Å². The maximum absolute atomic E-state index is 13.5. The molecule has 0 unspecified atom stereocenters. The molecular weight excluding hydrogens is 458 g/mol. The van der Waals surface area contributed by atoms with E-state index in [0.717, 1.165) is 5.39 Å². The fourth-order valence-corrected chi connectivity index (χ4v) is 3.92. The molecule has 36 heavy (non-hydrogen) atoms. The van der Waals surface area contributed by atoms with Crippen LogP contribution in [0.25, 0.3) is 33.5 Å². The van der Waals surface area contributed by atoms with Gasteiger partial charge in [-0.25, -0.2) is 4.98 Å². The van der Waals surface area contributed by atoms with Crippen LogP contribution in [0.2, 0.25) is 0 Å². The Morgan fingerprint density at radius 2 is 1.78 bits per heavy atom. The lowest BCUT2D eigenvalue weighted by atomic mass is 10.2. The number of hydrogen-bond donors (Lipinski definition) is 0. The summed E-state index contributed by atoms with van der Waals surface area (Å²) >= 11 is 0. The minimum absolute atomic E-state index is 0.254. The van der Waals surface area contributed by atoms with E-state index in [1.54, 1.807) is 50.6 Å². The van der Waals surface area contributed by atoms with Gasteiger partial charge >= 0.3 is 0 Å². The Labute approximate surface area is 206 Å². The number of para-hydroxylation sites is 2. The number of hydrogen-bond acceptors (Lipinski definition) is 7. The lowest BCUT2D eigenvalue weighted by Crippen LogP contribution is -2.20. The van der Waals surface area contributed by atoms with Crippen LogP contribution in [0, 0.1) is 0 Å². The summed E-state index contributed by atoms with van der Waals surface area (Å²) in [5.41, 5.74) is 1.42. The molecule has 0 saturated heterocycles. The lowest BCUT2D eigenvalue weighted by molar-refractivity contribution is 0.326. The molecule has 8 nitrogen and oxygen atoms in total. The molecule has 180 valence electrons. The Morgan fingerprint density at radius 3 is 2.58 bits per heavy atom.